The van der Waals surface area contributed by atoms with E-state index in [2.05, 4.69) is 11.9 Å². The van der Waals surface area contributed by atoms with E-state index in [9.17, 15) is 0 Å². The average Bonchev–Trinajstić information content (AvgIpc) is 1.87. The fourth-order valence-corrected chi connectivity index (χ4v) is 0.501. The fourth-order valence-electron chi connectivity index (χ4n) is 0.501. The Morgan fingerprint density at radius 2 is 2.30 bits per heavy atom. The lowest BCUT2D eigenvalue weighted by Gasteiger charge is -2.04. The Kier molecular flexibility index (Phi) is 6.22. The first-order valence-corrected chi connectivity index (χ1v) is 3.37. The van der Waals surface area contributed by atoms with E-state index in [0.717, 1.165) is 12.3 Å². The van der Waals surface area contributed by atoms with Gasteiger partial charge in [-0.3, -0.25) is 0 Å². The summed E-state index contributed by atoms with van der Waals surface area (Å²) in [5.74, 6) is 0.728. The maximum atomic E-state index is 8.35. The van der Waals surface area contributed by atoms with Crippen LogP contribution in [-0.2, 0) is 4.74 Å². The molecule has 0 aliphatic rings. The molecule has 0 unspecified atom stereocenters. The number of nitrogens with one attached hydrogen (secondary N) is 1. The van der Waals surface area contributed by atoms with Crippen LogP contribution in [-0.4, -0.2) is 31.4 Å². The van der Waals surface area contributed by atoms with Crippen LogP contribution < -0.4 is 5.32 Å². The van der Waals surface area contributed by atoms with Crippen LogP contribution in [0.5, 0.6) is 0 Å². The summed E-state index contributed by atoms with van der Waals surface area (Å²) in [5.41, 5.74) is 0. The molecule has 0 saturated carbocycles. The van der Waals surface area contributed by atoms with Crippen molar-refractivity contribution in [3.05, 3.63) is 12.3 Å². The van der Waals surface area contributed by atoms with E-state index in [0.29, 0.717) is 13.2 Å². The molecule has 3 nitrogen and oxygen atoms in total. The van der Waals surface area contributed by atoms with Crippen molar-refractivity contribution < 1.29 is 9.84 Å². The lowest BCUT2D eigenvalue weighted by molar-refractivity contribution is 0.211. The normalized spacial score (nSPS) is 9.40. The molecule has 0 rings (SSSR count). The zero-order valence-electron chi connectivity index (χ0n) is 6.39. The summed E-state index contributed by atoms with van der Waals surface area (Å²) in [6.45, 7) is 7.56. The van der Waals surface area contributed by atoms with E-state index in [1.54, 1.807) is 0 Å². The highest BCUT2D eigenvalue weighted by Gasteiger charge is 1.86. The molecule has 0 aromatic rings. The predicted octanol–water partition coefficient (Wildman–Crippen LogP) is 0.118. The number of allylic oxidation sites excluding steroid dienone is 1. The van der Waals surface area contributed by atoms with Gasteiger partial charge < -0.3 is 15.2 Å². The van der Waals surface area contributed by atoms with Crippen molar-refractivity contribution in [1.29, 1.82) is 0 Å². The molecule has 0 aliphatic heterocycles. The van der Waals surface area contributed by atoms with Gasteiger partial charge in [0.2, 0.25) is 0 Å². The fraction of sp³-hybridized carbons (Fsp3) is 0.714. The Balaban J connectivity index is 2.84. The summed E-state index contributed by atoms with van der Waals surface area (Å²) in [4.78, 5) is 0. The molecule has 0 fully saturated rings. The first kappa shape index (κ1) is 9.46. The van der Waals surface area contributed by atoms with Gasteiger partial charge >= 0.3 is 0 Å². The van der Waals surface area contributed by atoms with Crippen LogP contribution in [0.25, 0.3) is 0 Å². The van der Waals surface area contributed by atoms with E-state index in [4.69, 9.17) is 9.84 Å². The molecule has 0 aromatic carbocycles. The minimum atomic E-state index is 0.174. The van der Waals surface area contributed by atoms with E-state index in [1.165, 1.54) is 0 Å². The molecule has 60 valence electrons. The zero-order chi connectivity index (χ0) is 7.82. The summed E-state index contributed by atoms with van der Waals surface area (Å²) >= 11 is 0. The lowest BCUT2D eigenvalue weighted by Crippen LogP contribution is -2.22. The second kappa shape index (κ2) is 6.58. The Labute approximate surface area is 61.7 Å². The Morgan fingerprint density at radius 3 is 2.80 bits per heavy atom. The molecule has 0 heterocycles. The van der Waals surface area contributed by atoms with Crippen LogP contribution in [0.4, 0.5) is 0 Å². The molecule has 0 bridgehead atoms. The first-order valence-electron chi connectivity index (χ1n) is 3.37. The van der Waals surface area contributed by atoms with Crippen LogP contribution in [0.3, 0.4) is 0 Å². The van der Waals surface area contributed by atoms with Gasteiger partial charge in [-0.1, -0.05) is 6.58 Å². The minimum absolute atomic E-state index is 0.174. The lowest BCUT2D eigenvalue weighted by atomic mass is 10.6. The molecule has 0 aliphatic carbocycles. The van der Waals surface area contributed by atoms with Gasteiger partial charge in [-0.25, -0.2) is 0 Å². The summed E-state index contributed by atoms with van der Waals surface area (Å²) < 4.78 is 5.05. The zero-order valence-corrected chi connectivity index (χ0v) is 6.39. The average molecular weight is 145 g/mol. The third kappa shape index (κ3) is 7.46. The molecule has 0 aromatic heterocycles. The van der Waals surface area contributed by atoms with Crippen molar-refractivity contribution in [3.63, 3.8) is 0 Å². The van der Waals surface area contributed by atoms with Crippen molar-refractivity contribution >= 4 is 0 Å². The van der Waals surface area contributed by atoms with E-state index < -0.39 is 0 Å². The molecule has 3 heteroatoms. The third-order valence-electron chi connectivity index (χ3n) is 0.916. The van der Waals surface area contributed by atoms with Gasteiger partial charge in [0.05, 0.1) is 12.4 Å². The number of ether oxygens (including phenoxy) is 1. The summed E-state index contributed by atoms with van der Waals surface area (Å²) in [6.07, 6.45) is 0. The summed E-state index contributed by atoms with van der Waals surface area (Å²) in [6, 6.07) is 0. The minimum Gasteiger partial charge on any atom is -0.498 e. The van der Waals surface area contributed by atoms with Crippen LogP contribution in [0.2, 0.25) is 0 Å². The monoisotopic (exact) mass is 145 g/mol. The first-order chi connectivity index (χ1) is 4.77. The number of hydrogen-bond acceptors (Lipinski definition) is 3. The smallest absolute Gasteiger partial charge is 0.100 e. The van der Waals surface area contributed by atoms with Gasteiger partial charge in [0, 0.05) is 13.1 Å². The standard InChI is InChI=1S/C7H15NO2/c1-7(2)10-6-4-8-3-5-9/h8-9H,1,3-6H2,2H3. The van der Waals surface area contributed by atoms with Crippen molar-refractivity contribution in [2.24, 2.45) is 0 Å². The van der Waals surface area contributed by atoms with Crippen molar-refractivity contribution in [1.82, 2.24) is 5.32 Å². The van der Waals surface area contributed by atoms with Gasteiger partial charge in [0.1, 0.15) is 6.61 Å². The number of aliphatic hydroxyl groups is 1. The van der Waals surface area contributed by atoms with E-state index >= 15 is 0 Å². The third-order valence-corrected chi connectivity index (χ3v) is 0.916. The molecular weight excluding hydrogens is 130 g/mol. The quantitative estimate of drug-likeness (QED) is 0.412. The maximum absolute atomic E-state index is 8.35. The maximum Gasteiger partial charge on any atom is 0.100 e. The number of aliphatic hydroxyl groups excluding tert-OH is 1. The summed E-state index contributed by atoms with van der Waals surface area (Å²) in [7, 11) is 0. The Hall–Kier alpha value is -0.540. The topological polar surface area (TPSA) is 41.5 Å². The highest BCUT2D eigenvalue weighted by Crippen LogP contribution is 1.86. The molecule has 0 radical (unpaired) electrons. The highest BCUT2D eigenvalue weighted by molar-refractivity contribution is 4.73. The predicted molar refractivity (Wildman–Crippen MR) is 40.7 cm³/mol. The van der Waals surface area contributed by atoms with Gasteiger partial charge in [-0.2, -0.15) is 0 Å². The number of rotatable bonds is 6. The highest BCUT2D eigenvalue weighted by atomic mass is 16.5. The SMILES string of the molecule is C=C(C)OCCNCCO. The van der Waals surface area contributed by atoms with Crippen LogP contribution in [0.15, 0.2) is 12.3 Å². The molecule has 0 spiro atoms. The van der Waals surface area contributed by atoms with Crippen LogP contribution in [0, 0.1) is 0 Å². The van der Waals surface area contributed by atoms with E-state index in [1.807, 2.05) is 6.92 Å². The Bertz CT molecular complexity index is 93.6. The van der Waals surface area contributed by atoms with Gasteiger partial charge in [0.15, 0.2) is 0 Å². The molecule has 2 N–H and O–H groups in total. The molecular formula is C7H15NO2. The molecule has 10 heavy (non-hydrogen) atoms. The van der Waals surface area contributed by atoms with Gasteiger partial charge in [0.25, 0.3) is 0 Å². The largest absolute Gasteiger partial charge is 0.498 e. The van der Waals surface area contributed by atoms with E-state index in [-0.39, 0.29) is 6.61 Å². The van der Waals surface area contributed by atoms with Gasteiger partial charge in [-0.05, 0) is 6.92 Å². The van der Waals surface area contributed by atoms with Crippen LogP contribution in [0.1, 0.15) is 6.92 Å². The molecule has 0 atom stereocenters. The summed E-state index contributed by atoms with van der Waals surface area (Å²) in [5, 5.41) is 11.3. The Morgan fingerprint density at radius 1 is 1.60 bits per heavy atom. The second-order valence-electron chi connectivity index (χ2n) is 2.02. The van der Waals surface area contributed by atoms with Gasteiger partial charge in [-0.15, -0.1) is 0 Å². The van der Waals surface area contributed by atoms with Crippen molar-refractivity contribution in [3.8, 4) is 0 Å². The van der Waals surface area contributed by atoms with Crippen molar-refractivity contribution in [2.45, 2.75) is 6.92 Å². The molecule has 0 saturated heterocycles. The number of hydrogen-bond donors (Lipinski definition) is 2. The second-order valence-corrected chi connectivity index (χ2v) is 2.02. The van der Waals surface area contributed by atoms with Crippen molar-refractivity contribution in [2.75, 3.05) is 26.3 Å². The van der Waals surface area contributed by atoms with Crippen LogP contribution >= 0.6 is 0 Å². The molecule has 0 amide bonds.